The molecule has 2 aromatic carbocycles. The Morgan fingerprint density at radius 2 is 1.26 bits per heavy atom. The number of aliphatic hydroxyl groups excluding tert-OH is 2. The lowest BCUT2D eigenvalue weighted by atomic mass is 9.98. The highest BCUT2D eigenvalue weighted by Gasteiger charge is 2.20. The number of nitro benzene ring substituents is 2. The predicted molar refractivity (Wildman–Crippen MR) is 80.9 cm³/mol. The van der Waals surface area contributed by atoms with E-state index in [1.54, 1.807) is 0 Å². The molecule has 2 rings (SSSR count). The van der Waals surface area contributed by atoms with Gasteiger partial charge in [-0.2, -0.15) is 0 Å². The summed E-state index contributed by atoms with van der Waals surface area (Å²) in [6.45, 7) is 0. The van der Waals surface area contributed by atoms with Crippen molar-refractivity contribution >= 4 is 11.4 Å². The Morgan fingerprint density at radius 3 is 1.70 bits per heavy atom. The molecule has 0 saturated carbocycles. The van der Waals surface area contributed by atoms with E-state index in [0.717, 1.165) is 0 Å². The summed E-state index contributed by atoms with van der Waals surface area (Å²) in [6.07, 6.45) is -2.26. The SMILES string of the molecule is O=[N+]([O-])c1ccc(CC(O)C(O)c2ccc([N+](=O)[O-])cc2)cc1. The van der Waals surface area contributed by atoms with Gasteiger partial charge in [-0.1, -0.05) is 12.1 Å². The second-order valence-electron chi connectivity index (χ2n) is 4.99. The van der Waals surface area contributed by atoms with Crippen LogP contribution in [0.15, 0.2) is 48.5 Å². The fourth-order valence-electron chi connectivity index (χ4n) is 2.12. The first-order valence-corrected chi connectivity index (χ1v) is 6.72. The normalized spacial score (nSPS) is 13.3. The number of nitrogens with zero attached hydrogens (tertiary/aromatic N) is 2. The Balaban J connectivity index is 2.05. The molecule has 0 bridgehead atoms. The second kappa shape index (κ2) is 6.95. The van der Waals surface area contributed by atoms with Crippen molar-refractivity contribution in [3.05, 3.63) is 79.9 Å². The van der Waals surface area contributed by atoms with E-state index in [9.17, 15) is 30.4 Å². The molecular formula is C15H14N2O6. The highest BCUT2D eigenvalue weighted by molar-refractivity contribution is 5.35. The van der Waals surface area contributed by atoms with E-state index in [1.807, 2.05) is 0 Å². The minimum absolute atomic E-state index is 0.0563. The van der Waals surface area contributed by atoms with Gasteiger partial charge in [0.05, 0.1) is 16.0 Å². The molecule has 2 N–H and O–H groups in total. The zero-order chi connectivity index (χ0) is 17.0. The fraction of sp³-hybridized carbons (Fsp3) is 0.200. The summed E-state index contributed by atoms with van der Waals surface area (Å²) in [6, 6.07) is 10.9. The van der Waals surface area contributed by atoms with Crippen LogP contribution in [0.2, 0.25) is 0 Å². The molecule has 0 radical (unpaired) electrons. The first-order valence-electron chi connectivity index (χ1n) is 6.72. The summed E-state index contributed by atoms with van der Waals surface area (Å²) in [7, 11) is 0. The molecule has 0 aliphatic heterocycles. The molecular weight excluding hydrogens is 304 g/mol. The number of hydrogen-bond acceptors (Lipinski definition) is 6. The maximum absolute atomic E-state index is 10.6. The summed E-state index contributed by atoms with van der Waals surface area (Å²) >= 11 is 0. The van der Waals surface area contributed by atoms with Crippen LogP contribution < -0.4 is 0 Å². The van der Waals surface area contributed by atoms with E-state index in [4.69, 9.17) is 0 Å². The van der Waals surface area contributed by atoms with Crippen LogP contribution in [-0.2, 0) is 6.42 Å². The van der Waals surface area contributed by atoms with E-state index < -0.39 is 22.1 Å². The van der Waals surface area contributed by atoms with E-state index in [-0.39, 0.29) is 17.8 Å². The van der Waals surface area contributed by atoms with Gasteiger partial charge in [-0.25, -0.2) is 0 Å². The van der Waals surface area contributed by atoms with Crippen molar-refractivity contribution in [2.45, 2.75) is 18.6 Å². The molecule has 120 valence electrons. The fourth-order valence-corrected chi connectivity index (χ4v) is 2.12. The summed E-state index contributed by atoms with van der Waals surface area (Å²) in [5, 5.41) is 41.3. The lowest BCUT2D eigenvalue weighted by Gasteiger charge is -2.18. The van der Waals surface area contributed by atoms with Gasteiger partial charge in [-0.15, -0.1) is 0 Å². The van der Waals surface area contributed by atoms with E-state index in [1.165, 1.54) is 48.5 Å². The van der Waals surface area contributed by atoms with Gasteiger partial charge in [-0.05, 0) is 23.3 Å². The average Bonchev–Trinajstić information content (AvgIpc) is 2.54. The van der Waals surface area contributed by atoms with Crippen molar-refractivity contribution in [3.63, 3.8) is 0 Å². The Kier molecular flexibility index (Phi) is 4.99. The molecule has 0 saturated heterocycles. The lowest BCUT2D eigenvalue weighted by molar-refractivity contribution is -0.385. The highest BCUT2D eigenvalue weighted by Crippen LogP contribution is 2.23. The molecule has 0 aromatic heterocycles. The monoisotopic (exact) mass is 318 g/mol. The molecule has 8 nitrogen and oxygen atoms in total. The Labute approximate surface area is 130 Å². The average molecular weight is 318 g/mol. The minimum atomic E-state index is -1.22. The largest absolute Gasteiger partial charge is 0.390 e. The molecule has 23 heavy (non-hydrogen) atoms. The summed E-state index contributed by atoms with van der Waals surface area (Å²) in [5.41, 5.74) is 0.819. The molecule has 8 heteroatoms. The van der Waals surface area contributed by atoms with Gasteiger partial charge >= 0.3 is 0 Å². The number of hydrogen-bond donors (Lipinski definition) is 2. The smallest absolute Gasteiger partial charge is 0.269 e. The topological polar surface area (TPSA) is 127 Å². The minimum Gasteiger partial charge on any atom is -0.390 e. The number of benzene rings is 2. The second-order valence-corrected chi connectivity index (χ2v) is 4.99. The molecule has 2 atom stereocenters. The summed E-state index contributed by atoms with van der Waals surface area (Å²) < 4.78 is 0. The van der Waals surface area contributed by atoms with E-state index >= 15 is 0 Å². The van der Waals surface area contributed by atoms with Crippen molar-refractivity contribution < 1.29 is 20.1 Å². The van der Waals surface area contributed by atoms with Crippen LogP contribution in [0.3, 0.4) is 0 Å². The third-order valence-electron chi connectivity index (χ3n) is 3.40. The first kappa shape index (κ1) is 16.5. The highest BCUT2D eigenvalue weighted by atomic mass is 16.6. The van der Waals surface area contributed by atoms with Crippen LogP contribution >= 0.6 is 0 Å². The van der Waals surface area contributed by atoms with Crippen LogP contribution in [0.5, 0.6) is 0 Å². The van der Waals surface area contributed by atoms with Gasteiger partial charge in [0.2, 0.25) is 0 Å². The Bertz CT molecular complexity index is 699. The zero-order valence-electron chi connectivity index (χ0n) is 11.9. The van der Waals surface area contributed by atoms with Crippen LogP contribution in [0, 0.1) is 20.2 Å². The third-order valence-corrected chi connectivity index (χ3v) is 3.40. The molecule has 0 spiro atoms. The van der Waals surface area contributed by atoms with Crippen LogP contribution in [0.4, 0.5) is 11.4 Å². The maximum atomic E-state index is 10.6. The molecule has 0 fully saturated rings. The Morgan fingerprint density at radius 1 is 0.826 bits per heavy atom. The van der Waals surface area contributed by atoms with Gasteiger partial charge < -0.3 is 10.2 Å². The maximum Gasteiger partial charge on any atom is 0.269 e. The standard InChI is InChI=1S/C15H14N2O6/c18-14(9-10-1-5-12(6-2-10)16(20)21)15(19)11-3-7-13(8-4-11)17(22)23/h1-8,14-15,18-19H,9H2. The van der Waals surface area contributed by atoms with Crippen LogP contribution in [0.25, 0.3) is 0 Å². The quantitative estimate of drug-likeness (QED) is 0.620. The molecule has 0 heterocycles. The van der Waals surface area contributed by atoms with Gasteiger partial charge in [0, 0.05) is 30.7 Å². The number of nitro groups is 2. The number of non-ortho nitro benzene ring substituents is 2. The van der Waals surface area contributed by atoms with Crippen molar-refractivity contribution in [3.8, 4) is 0 Å². The zero-order valence-corrected chi connectivity index (χ0v) is 11.9. The van der Waals surface area contributed by atoms with Crippen LogP contribution in [-0.4, -0.2) is 26.2 Å². The van der Waals surface area contributed by atoms with Gasteiger partial charge in [0.15, 0.2) is 0 Å². The van der Waals surface area contributed by atoms with E-state index in [2.05, 4.69) is 0 Å². The molecule has 2 unspecified atom stereocenters. The summed E-state index contributed by atoms with van der Waals surface area (Å²) in [5.74, 6) is 0. The predicted octanol–water partition coefficient (Wildman–Crippen LogP) is 2.14. The molecule has 2 aromatic rings. The van der Waals surface area contributed by atoms with Crippen LogP contribution in [0.1, 0.15) is 17.2 Å². The molecule has 0 aliphatic rings. The van der Waals surface area contributed by atoms with Crippen molar-refractivity contribution in [2.75, 3.05) is 0 Å². The molecule has 0 aliphatic carbocycles. The molecule has 0 amide bonds. The van der Waals surface area contributed by atoms with E-state index in [0.29, 0.717) is 11.1 Å². The summed E-state index contributed by atoms with van der Waals surface area (Å²) in [4.78, 5) is 20.1. The van der Waals surface area contributed by atoms with Crippen molar-refractivity contribution in [2.24, 2.45) is 0 Å². The van der Waals surface area contributed by atoms with Gasteiger partial charge in [0.25, 0.3) is 11.4 Å². The third kappa shape index (κ3) is 4.09. The number of aliphatic hydroxyl groups is 2. The van der Waals surface area contributed by atoms with Gasteiger partial charge in [0.1, 0.15) is 6.10 Å². The number of rotatable bonds is 6. The Hall–Kier alpha value is -2.84. The lowest BCUT2D eigenvalue weighted by Crippen LogP contribution is -2.20. The van der Waals surface area contributed by atoms with Gasteiger partial charge in [-0.3, -0.25) is 20.2 Å². The van der Waals surface area contributed by atoms with Crippen molar-refractivity contribution in [1.29, 1.82) is 0 Å². The van der Waals surface area contributed by atoms with Crippen molar-refractivity contribution in [1.82, 2.24) is 0 Å². The first-order chi connectivity index (χ1) is 10.9.